The van der Waals surface area contributed by atoms with E-state index in [9.17, 15) is 4.79 Å². The van der Waals surface area contributed by atoms with Crippen molar-refractivity contribution in [2.75, 3.05) is 12.3 Å². The maximum Gasteiger partial charge on any atom is 0.233 e. The number of rotatable bonds is 5. The molecule has 0 aliphatic carbocycles. The number of fused-ring (bicyclic) bond motifs is 1. The van der Waals surface area contributed by atoms with Crippen LogP contribution in [-0.4, -0.2) is 37.9 Å². The highest BCUT2D eigenvalue weighted by Crippen LogP contribution is 2.36. The van der Waals surface area contributed by atoms with Crippen LogP contribution in [0.25, 0.3) is 5.69 Å². The molecule has 0 fully saturated rings. The highest BCUT2D eigenvalue weighted by Gasteiger charge is 2.30. The van der Waals surface area contributed by atoms with Crippen LogP contribution in [0, 0.1) is 13.8 Å². The summed E-state index contributed by atoms with van der Waals surface area (Å²) in [6, 6.07) is 10.5. The molecule has 0 bridgehead atoms. The summed E-state index contributed by atoms with van der Waals surface area (Å²) in [5, 5.41) is 11.5. The molecule has 146 valence electrons. The number of aryl methyl sites for hydroxylation is 2. The standard InChI is InChI=1S/C21H24N4OS2/c1-4-17-16-10-12-27-19(16)9-11-24(17)20(26)13-28-21-23-22-15(3)25(21)18-8-6-5-7-14(18)2/h5-8,10,12,17H,4,9,11,13H2,1-3H3. The summed E-state index contributed by atoms with van der Waals surface area (Å²) in [6.45, 7) is 6.98. The van der Waals surface area contributed by atoms with Gasteiger partial charge in [-0.15, -0.1) is 21.5 Å². The van der Waals surface area contributed by atoms with Gasteiger partial charge in [0.05, 0.1) is 17.5 Å². The summed E-state index contributed by atoms with van der Waals surface area (Å²) in [6.07, 6.45) is 1.90. The first-order valence-corrected chi connectivity index (χ1v) is 11.4. The van der Waals surface area contributed by atoms with Gasteiger partial charge in [0, 0.05) is 11.4 Å². The molecule has 0 saturated heterocycles. The lowest BCUT2D eigenvalue weighted by Gasteiger charge is -2.35. The third-order valence-electron chi connectivity index (χ3n) is 5.28. The Balaban J connectivity index is 1.52. The zero-order valence-corrected chi connectivity index (χ0v) is 18.0. The Hall–Kier alpha value is -2.12. The molecule has 1 aliphatic rings. The minimum Gasteiger partial charge on any atom is -0.335 e. The molecule has 7 heteroatoms. The van der Waals surface area contributed by atoms with Crippen LogP contribution >= 0.6 is 23.1 Å². The molecule has 0 radical (unpaired) electrons. The third-order valence-corrected chi connectivity index (χ3v) is 7.19. The number of nitrogens with zero attached hydrogens (tertiary/aromatic N) is 4. The Morgan fingerprint density at radius 3 is 2.86 bits per heavy atom. The van der Waals surface area contributed by atoms with Crippen molar-refractivity contribution in [3.63, 3.8) is 0 Å². The number of carbonyl (C=O) groups excluding carboxylic acids is 1. The molecule has 3 heterocycles. The van der Waals surface area contributed by atoms with Gasteiger partial charge in [-0.3, -0.25) is 9.36 Å². The van der Waals surface area contributed by atoms with Crippen molar-refractivity contribution in [2.45, 2.75) is 44.8 Å². The molecule has 4 rings (SSSR count). The smallest absolute Gasteiger partial charge is 0.233 e. The van der Waals surface area contributed by atoms with E-state index >= 15 is 0 Å². The molecule has 0 spiro atoms. The van der Waals surface area contributed by atoms with E-state index < -0.39 is 0 Å². The number of thioether (sulfide) groups is 1. The summed E-state index contributed by atoms with van der Waals surface area (Å²) in [7, 11) is 0. The van der Waals surface area contributed by atoms with Crippen LogP contribution in [0.4, 0.5) is 0 Å². The summed E-state index contributed by atoms with van der Waals surface area (Å²) in [5.74, 6) is 1.38. The predicted octanol–water partition coefficient (Wildman–Crippen LogP) is 4.57. The zero-order valence-electron chi connectivity index (χ0n) is 16.4. The van der Waals surface area contributed by atoms with Crippen LogP contribution in [-0.2, 0) is 11.2 Å². The first-order valence-electron chi connectivity index (χ1n) is 9.56. The quantitative estimate of drug-likeness (QED) is 0.576. The summed E-state index contributed by atoms with van der Waals surface area (Å²) in [4.78, 5) is 16.5. The fraction of sp³-hybridized carbons (Fsp3) is 0.381. The number of hydrogen-bond donors (Lipinski definition) is 0. The largest absolute Gasteiger partial charge is 0.335 e. The van der Waals surface area contributed by atoms with Crippen molar-refractivity contribution in [1.82, 2.24) is 19.7 Å². The Morgan fingerprint density at radius 2 is 2.07 bits per heavy atom. The minimum absolute atomic E-state index is 0.172. The Bertz CT molecular complexity index is 994. The van der Waals surface area contributed by atoms with Crippen molar-refractivity contribution >= 4 is 29.0 Å². The van der Waals surface area contributed by atoms with Crippen molar-refractivity contribution in [1.29, 1.82) is 0 Å². The zero-order chi connectivity index (χ0) is 19.7. The van der Waals surface area contributed by atoms with Crippen molar-refractivity contribution in [3.05, 3.63) is 57.5 Å². The Morgan fingerprint density at radius 1 is 1.25 bits per heavy atom. The number of thiophene rings is 1. The maximum atomic E-state index is 13.0. The molecule has 0 N–H and O–H groups in total. The molecular weight excluding hydrogens is 388 g/mol. The normalized spacial score (nSPS) is 16.2. The summed E-state index contributed by atoms with van der Waals surface area (Å²) in [5.41, 5.74) is 3.55. The molecular formula is C21H24N4OS2. The van der Waals surface area contributed by atoms with Gasteiger partial charge in [0.1, 0.15) is 5.82 Å². The first-order chi connectivity index (χ1) is 13.6. The number of hydrogen-bond acceptors (Lipinski definition) is 5. The van der Waals surface area contributed by atoms with Gasteiger partial charge < -0.3 is 4.90 Å². The van der Waals surface area contributed by atoms with E-state index in [2.05, 4.69) is 47.6 Å². The van der Waals surface area contributed by atoms with E-state index in [1.54, 1.807) is 0 Å². The molecule has 0 saturated carbocycles. The lowest BCUT2D eigenvalue weighted by Crippen LogP contribution is -2.40. The number of amides is 1. The van der Waals surface area contributed by atoms with Crippen LogP contribution in [0.5, 0.6) is 0 Å². The van der Waals surface area contributed by atoms with Gasteiger partial charge in [-0.2, -0.15) is 0 Å². The molecule has 1 amide bonds. The van der Waals surface area contributed by atoms with E-state index in [4.69, 9.17) is 0 Å². The fourth-order valence-electron chi connectivity index (χ4n) is 3.87. The van der Waals surface area contributed by atoms with Crippen LogP contribution < -0.4 is 0 Å². The highest BCUT2D eigenvalue weighted by molar-refractivity contribution is 7.99. The summed E-state index contributed by atoms with van der Waals surface area (Å²) < 4.78 is 2.04. The van der Waals surface area contributed by atoms with Gasteiger partial charge in [-0.05, 0) is 55.3 Å². The van der Waals surface area contributed by atoms with Gasteiger partial charge in [0.15, 0.2) is 5.16 Å². The molecule has 1 unspecified atom stereocenters. The minimum atomic E-state index is 0.172. The van der Waals surface area contributed by atoms with Crippen molar-refractivity contribution in [3.8, 4) is 5.69 Å². The second-order valence-corrected chi connectivity index (χ2v) is 8.94. The second-order valence-electron chi connectivity index (χ2n) is 7.00. The highest BCUT2D eigenvalue weighted by atomic mass is 32.2. The Kier molecular flexibility index (Phi) is 5.55. The Labute approximate surface area is 173 Å². The first kappa shape index (κ1) is 19.2. The number of benzene rings is 1. The molecule has 1 aliphatic heterocycles. The average molecular weight is 413 g/mol. The van der Waals surface area contributed by atoms with E-state index in [0.717, 1.165) is 41.6 Å². The van der Waals surface area contributed by atoms with Gasteiger partial charge >= 0.3 is 0 Å². The molecule has 28 heavy (non-hydrogen) atoms. The molecule has 1 atom stereocenters. The van der Waals surface area contributed by atoms with Crippen molar-refractivity contribution in [2.24, 2.45) is 0 Å². The molecule has 5 nitrogen and oxygen atoms in total. The summed E-state index contributed by atoms with van der Waals surface area (Å²) >= 11 is 3.28. The number of carbonyl (C=O) groups is 1. The van der Waals surface area contributed by atoms with Crippen LogP contribution in [0.15, 0.2) is 40.9 Å². The van der Waals surface area contributed by atoms with Crippen LogP contribution in [0.2, 0.25) is 0 Å². The lowest BCUT2D eigenvalue weighted by atomic mass is 9.98. The van der Waals surface area contributed by atoms with Crippen LogP contribution in [0.1, 0.15) is 41.2 Å². The van der Waals surface area contributed by atoms with Gasteiger partial charge in [0.25, 0.3) is 0 Å². The number of aromatic nitrogens is 3. The molecule has 2 aromatic heterocycles. The monoisotopic (exact) mass is 412 g/mol. The predicted molar refractivity (Wildman–Crippen MR) is 114 cm³/mol. The van der Waals surface area contributed by atoms with E-state index in [0.29, 0.717) is 5.75 Å². The van der Waals surface area contributed by atoms with E-state index in [1.807, 2.05) is 39.9 Å². The van der Waals surface area contributed by atoms with Gasteiger partial charge in [0.2, 0.25) is 5.91 Å². The number of para-hydroxylation sites is 1. The van der Waals surface area contributed by atoms with Gasteiger partial charge in [-0.25, -0.2) is 0 Å². The lowest BCUT2D eigenvalue weighted by molar-refractivity contribution is -0.131. The maximum absolute atomic E-state index is 13.0. The van der Waals surface area contributed by atoms with E-state index in [1.165, 1.54) is 22.2 Å². The van der Waals surface area contributed by atoms with Crippen LogP contribution in [0.3, 0.4) is 0 Å². The third kappa shape index (κ3) is 3.49. The SMILES string of the molecule is CCC1c2ccsc2CCN1C(=O)CSc1nnc(C)n1-c1ccccc1C. The van der Waals surface area contributed by atoms with Gasteiger partial charge in [-0.1, -0.05) is 36.9 Å². The molecule has 1 aromatic carbocycles. The average Bonchev–Trinajstić information content (AvgIpc) is 3.32. The topological polar surface area (TPSA) is 51.0 Å². The van der Waals surface area contributed by atoms with Crippen molar-refractivity contribution < 1.29 is 4.79 Å². The fourth-order valence-corrected chi connectivity index (χ4v) is 5.68. The molecule has 3 aromatic rings. The second kappa shape index (κ2) is 8.09. The van der Waals surface area contributed by atoms with E-state index in [-0.39, 0.29) is 11.9 Å².